The van der Waals surface area contributed by atoms with Crippen LogP contribution >= 0.6 is 0 Å². The van der Waals surface area contributed by atoms with Crippen molar-refractivity contribution in [2.24, 2.45) is 11.7 Å². The molecule has 12 heavy (non-hydrogen) atoms. The van der Waals surface area contributed by atoms with Crippen LogP contribution in [-0.4, -0.2) is 7.11 Å². The van der Waals surface area contributed by atoms with Crippen LogP contribution in [0.4, 0.5) is 0 Å². The topological polar surface area (TPSA) is 35.2 Å². The zero-order valence-corrected chi connectivity index (χ0v) is 8.00. The maximum Gasteiger partial charge on any atom is 0.138 e. The number of ether oxygens (including phenoxy) is 1. The molecule has 0 aliphatic rings. The van der Waals surface area contributed by atoms with E-state index in [1.165, 1.54) is 0 Å². The zero-order valence-electron chi connectivity index (χ0n) is 8.00. The predicted octanol–water partition coefficient (Wildman–Crippen LogP) is 2.20. The fourth-order valence-electron chi connectivity index (χ4n) is 0.794. The van der Waals surface area contributed by atoms with Crippen LogP contribution in [0.2, 0.25) is 0 Å². The summed E-state index contributed by atoms with van der Waals surface area (Å²) in [6, 6.07) is 0. The van der Waals surface area contributed by atoms with Crippen LogP contribution in [-0.2, 0) is 4.74 Å². The third-order valence-corrected chi connectivity index (χ3v) is 1.29. The Labute approximate surface area is 74.4 Å². The average Bonchev–Trinajstić information content (AvgIpc) is 2.00. The van der Waals surface area contributed by atoms with Gasteiger partial charge in [0.15, 0.2) is 0 Å². The van der Waals surface area contributed by atoms with E-state index in [4.69, 9.17) is 10.5 Å². The van der Waals surface area contributed by atoms with Gasteiger partial charge in [-0.2, -0.15) is 0 Å². The molecule has 0 aromatic carbocycles. The molecule has 0 aromatic rings. The van der Waals surface area contributed by atoms with Gasteiger partial charge in [-0.25, -0.2) is 0 Å². The van der Waals surface area contributed by atoms with E-state index in [9.17, 15) is 0 Å². The molecule has 0 rings (SSSR count). The average molecular weight is 167 g/mol. The summed E-state index contributed by atoms with van der Waals surface area (Å²) in [7, 11) is 1.61. The first-order chi connectivity index (χ1) is 5.61. The maximum absolute atomic E-state index is 5.68. The van der Waals surface area contributed by atoms with E-state index in [2.05, 4.69) is 20.4 Å². The summed E-state index contributed by atoms with van der Waals surface area (Å²) < 4.78 is 5.10. The molecule has 0 radical (unpaired) electrons. The van der Waals surface area contributed by atoms with Crippen LogP contribution in [0, 0.1) is 5.92 Å². The van der Waals surface area contributed by atoms with Crippen LogP contribution in [0.15, 0.2) is 36.3 Å². The third-order valence-electron chi connectivity index (χ3n) is 1.29. The van der Waals surface area contributed by atoms with Gasteiger partial charge in [-0.05, 0) is 18.1 Å². The Morgan fingerprint density at radius 1 is 1.50 bits per heavy atom. The number of nitrogens with two attached hydrogens (primary N) is 1. The maximum atomic E-state index is 5.68. The van der Waals surface area contributed by atoms with Crippen molar-refractivity contribution in [1.29, 1.82) is 0 Å². The Kier molecular flexibility index (Phi) is 4.93. The van der Waals surface area contributed by atoms with Crippen molar-refractivity contribution in [3.8, 4) is 0 Å². The molecule has 68 valence electrons. The molecule has 0 saturated carbocycles. The highest BCUT2D eigenvalue weighted by molar-refractivity contribution is 5.26. The summed E-state index contributed by atoms with van der Waals surface area (Å²) in [5.74, 6) is 1.14. The molecule has 2 heteroatoms. The molecular formula is C10H17NO. The van der Waals surface area contributed by atoms with E-state index in [0.29, 0.717) is 17.4 Å². The summed E-state index contributed by atoms with van der Waals surface area (Å²) in [5.41, 5.74) is 6.30. The Bertz CT molecular complexity index is 202. The fourth-order valence-corrected chi connectivity index (χ4v) is 0.794. The molecule has 0 aromatic heterocycles. The van der Waals surface area contributed by atoms with E-state index in [0.717, 1.165) is 0 Å². The van der Waals surface area contributed by atoms with Gasteiger partial charge in [0.25, 0.3) is 0 Å². The number of hydrogen-bond acceptors (Lipinski definition) is 2. The van der Waals surface area contributed by atoms with Gasteiger partial charge in [0.2, 0.25) is 0 Å². The number of rotatable bonds is 4. The van der Waals surface area contributed by atoms with Crippen LogP contribution in [0.3, 0.4) is 0 Å². The first-order valence-corrected chi connectivity index (χ1v) is 3.96. The Morgan fingerprint density at radius 3 is 2.42 bits per heavy atom. The lowest BCUT2D eigenvalue weighted by Gasteiger charge is -2.07. The second-order valence-electron chi connectivity index (χ2n) is 2.84. The van der Waals surface area contributed by atoms with Gasteiger partial charge in [0, 0.05) is 0 Å². The smallest absolute Gasteiger partial charge is 0.138 e. The van der Waals surface area contributed by atoms with Crippen LogP contribution in [0.5, 0.6) is 0 Å². The van der Waals surface area contributed by atoms with Gasteiger partial charge in [-0.1, -0.05) is 26.5 Å². The Balaban J connectivity index is 4.55. The summed E-state index contributed by atoms with van der Waals surface area (Å²) in [5, 5.41) is 0. The molecule has 0 spiro atoms. The molecule has 0 unspecified atom stereocenters. The van der Waals surface area contributed by atoms with Crippen molar-refractivity contribution in [3.63, 3.8) is 0 Å². The third kappa shape index (κ3) is 3.86. The summed E-state index contributed by atoms with van der Waals surface area (Å²) in [6.07, 6.45) is 5.33. The van der Waals surface area contributed by atoms with E-state index in [1.54, 1.807) is 19.3 Å². The van der Waals surface area contributed by atoms with E-state index >= 15 is 0 Å². The largest absolute Gasteiger partial charge is 0.495 e. The minimum atomic E-state index is 0.428. The van der Waals surface area contributed by atoms with Crippen molar-refractivity contribution in [1.82, 2.24) is 0 Å². The quantitative estimate of drug-likeness (QED) is 0.514. The number of hydrogen-bond donors (Lipinski definition) is 1. The van der Waals surface area contributed by atoms with Gasteiger partial charge in [0.05, 0.1) is 12.8 Å². The van der Waals surface area contributed by atoms with Gasteiger partial charge in [-0.15, -0.1) is 0 Å². The minimum Gasteiger partial charge on any atom is -0.495 e. The van der Waals surface area contributed by atoms with Gasteiger partial charge in [-0.3, -0.25) is 0 Å². The fraction of sp³-hybridized carbons (Fsp3) is 0.400. The van der Waals surface area contributed by atoms with Crippen molar-refractivity contribution in [3.05, 3.63) is 36.3 Å². The normalized spacial score (nSPS) is 13.3. The second-order valence-corrected chi connectivity index (χ2v) is 2.84. The van der Waals surface area contributed by atoms with Crippen LogP contribution in [0.1, 0.15) is 13.8 Å². The lowest BCUT2D eigenvalue weighted by molar-refractivity contribution is 0.296. The molecule has 0 atom stereocenters. The zero-order chi connectivity index (χ0) is 9.56. The molecule has 2 nitrogen and oxygen atoms in total. The first kappa shape index (κ1) is 10.8. The highest BCUT2D eigenvalue weighted by Crippen LogP contribution is 2.08. The highest BCUT2D eigenvalue weighted by atomic mass is 16.5. The van der Waals surface area contributed by atoms with Gasteiger partial charge in [0.1, 0.15) is 5.76 Å². The summed E-state index contributed by atoms with van der Waals surface area (Å²) in [6.45, 7) is 7.70. The molecule has 0 heterocycles. The molecular weight excluding hydrogens is 150 g/mol. The monoisotopic (exact) mass is 167 g/mol. The number of methoxy groups -OCH3 is 1. The Morgan fingerprint density at radius 2 is 2.08 bits per heavy atom. The van der Waals surface area contributed by atoms with Gasteiger partial charge >= 0.3 is 0 Å². The van der Waals surface area contributed by atoms with Gasteiger partial charge < -0.3 is 10.5 Å². The van der Waals surface area contributed by atoms with Crippen molar-refractivity contribution in [2.75, 3.05) is 7.11 Å². The van der Waals surface area contributed by atoms with Crippen LogP contribution < -0.4 is 5.73 Å². The lowest BCUT2D eigenvalue weighted by atomic mass is 10.1. The molecule has 0 bridgehead atoms. The Hall–Kier alpha value is -1.18. The molecule has 0 saturated heterocycles. The molecule has 0 fully saturated rings. The standard InChI is InChI=1S/C10H17NO/c1-5-6-9(11)10(12-4)7-8(2)3/h5-8H,1,11H2,2-4H3/b9-6+,10-7+. The van der Waals surface area contributed by atoms with E-state index in [1.807, 2.05) is 6.08 Å². The summed E-state index contributed by atoms with van der Waals surface area (Å²) >= 11 is 0. The first-order valence-electron chi connectivity index (χ1n) is 3.96. The van der Waals surface area contributed by atoms with Crippen molar-refractivity contribution < 1.29 is 4.74 Å². The number of allylic oxidation sites excluding steroid dienone is 3. The molecule has 2 N–H and O–H groups in total. The summed E-state index contributed by atoms with van der Waals surface area (Å²) in [4.78, 5) is 0. The predicted molar refractivity (Wildman–Crippen MR) is 52.4 cm³/mol. The minimum absolute atomic E-state index is 0.428. The molecule has 0 aliphatic heterocycles. The highest BCUT2D eigenvalue weighted by Gasteiger charge is 1.99. The second kappa shape index (κ2) is 5.47. The molecule has 0 amide bonds. The van der Waals surface area contributed by atoms with E-state index in [-0.39, 0.29) is 0 Å². The lowest BCUT2D eigenvalue weighted by Crippen LogP contribution is -2.03. The van der Waals surface area contributed by atoms with Crippen molar-refractivity contribution >= 4 is 0 Å². The van der Waals surface area contributed by atoms with E-state index < -0.39 is 0 Å². The molecule has 0 aliphatic carbocycles. The SMILES string of the molecule is C=C/C=C(N)\C(=C/C(C)C)OC. The van der Waals surface area contributed by atoms with Crippen LogP contribution in [0.25, 0.3) is 0 Å². The van der Waals surface area contributed by atoms with Crippen molar-refractivity contribution in [2.45, 2.75) is 13.8 Å².